The van der Waals surface area contributed by atoms with Gasteiger partial charge in [-0.1, -0.05) is 30.3 Å². The normalized spacial score (nSPS) is 10.6. The Bertz CT molecular complexity index is 1050. The Morgan fingerprint density at radius 3 is 2.48 bits per heavy atom. The van der Waals surface area contributed by atoms with E-state index in [-0.39, 0.29) is 0 Å². The van der Waals surface area contributed by atoms with Gasteiger partial charge in [0.05, 0.1) is 22.9 Å². The lowest BCUT2D eigenvalue weighted by molar-refractivity contribution is -0.115. The van der Waals surface area contributed by atoms with E-state index >= 15 is 0 Å². The summed E-state index contributed by atoms with van der Waals surface area (Å²) in [5, 5.41) is 5.26. The maximum absolute atomic E-state index is 13.6. The topological polar surface area (TPSA) is 71.1 Å². The average molecular weight is 419 g/mol. The number of aryl methyl sites for hydroxylation is 1. The van der Waals surface area contributed by atoms with Crippen LogP contribution < -0.4 is 10.6 Å². The van der Waals surface area contributed by atoms with Gasteiger partial charge in [-0.05, 0) is 24.6 Å². The summed E-state index contributed by atoms with van der Waals surface area (Å²) in [4.78, 5) is 29.0. The summed E-state index contributed by atoms with van der Waals surface area (Å²) in [6.07, 6.45) is 0.579. The Labute approximate surface area is 168 Å². The van der Waals surface area contributed by atoms with E-state index in [1.807, 2.05) is 30.3 Å². The van der Waals surface area contributed by atoms with Crippen LogP contribution in [0.1, 0.15) is 25.9 Å². The molecule has 2 aromatic carbocycles. The summed E-state index contributed by atoms with van der Waals surface area (Å²) in [6.45, 7) is 1.22. The largest absolute Gasteiger partial charge is 0.342 e. The lowest BCUT2D eigenvalue weighted by atomic mass is 10.2. The van der Waals surface area contributed by atoms with Crippen LogP contribution in [0.25, 0.3) is 0 Å². The van der Waals surface area contributed by atoms with Crippen molar-refractivity contribution in [2.45, 2.75) is 13.3 Å². The minimum atomic E-state index is -1.68. The number of aromatic nitrogens is 1. The summed E-state index contributed by atoms with van der Waals surface area (Å²) in [6, 6.07) is 11.2. The third-order valence-corrected chi connectivity index (χ3v) is 5.12. The lowest BCUT2D eigenvalue weighted by Gasteiger charge is -2.08. The van der Waals surface area contributed by atoms with Gasteiger partial charge >= 0.3 is 0 Å². The first-order valence-electron chi connectivity index (χ1n) is 8.57. The fourth-order valence-corrected chi connectivity index (χ4v) is 3.58. The smallest absolute Gasteiger partial charge is 0.263 e. The van der Waals surface area contributed by atoms with Crippen molar-refractivity contribution in [1.82, 2.24) is 10.3 Å². The summed E-state index contributed by atoms with van der Waals surface area (Å²) in [5.41, 5.74) is 1.08. The van der Waals surface area contributed by atoms with E-state index < -0.39 is 41.5 Å². The molecule has 5 nitrogen and oxygen atoms in total. The Hall–Kier alpha value is -3.20. The number of nitrogens with zero attached hydrogens (tertiary/aromatic N) is 1. The van der Waals surface area contributed by atoms with Crippen LogP contribution in [-0.2, 0) is 11.2 Å². The molecule has 2 N–H and O–H groups in total. The summed E-state index contributed by atoms with van der Waals surface area (Å²) >= 11 is 1.22. The minimum Gasteiger partial charge on any atom is -0.342 e. The van der Waals surface area contributed by atoms with Crippen molar-refractivity contribution in [3.05, 3.63) is 81.1 Å². The van der Waals surface area contributed by atoms with Crippen LogP contribution in [0.4, 0.5) is 18.9 Å². The molecule has 29 heavy (non-hydrogen) atoms. The molecule has 0 aliphatic carbocycles. The van der Waals surface area contributed by atoms with Crippen LogP contribution in [-0.4, -0.2) is 23.3 Å². The maximum atomic E-state index is 13.6. The van der Waals surface area contributed by atoms with Crippen molar-refractivity contribution in [3.63, 3.8) is 0 Å². The van der Waals surface area contributed by atoms with Crippen molar-refractivity contribution in [3.8, 4) is 0 Å². The minimum absolute atomic E-state index is 0.364. The van der Waals surface area contributed by atoms with Gasteiger partial charge in [0.25, 0.3) is 5.91 Å². The predicted octanol–water partition coefficient (Wildman–Crippen LogP) is 3.83. The number of carbonyl (C=O) groups is 2. The second kappa shape index (κ2) is 8.87. The summed E-state index contributed by atoms with van der Waals surface area (Å²) in [5.74, 6) is -5.83. The monoisotopic (exact) mass is 419 g/mol. The molecule has 3 rings (SSSR count). The molecular formula is C20H16F3N3O2S. The van der Waals surface area contributed by atoms with Crippen molar-refractivity contribution in [1.29, 1.82) is 0 Å². The number of hydrogen-bond acceptors (Lipinski definition) is 4. The van der Waals surface area contributed by atoms with E-state index in [1.54, 1.807) is 6.92 Å². The predicted molar refractivity (Wildman–Crippen MR) is 103 cm³/mol. The number of rotatable bonds is 6. The lowest BCUT2D eigenvalue weighted by Crippen LogP contribution is -2.33. The first-order valence-corrected chi connectivity index (χ1v) is 9.38. The zero-order valence-corrected chi connectivity index (χ0v) is 16.1. The second-order valence-corrected chi connectivity index (χ2v) is 7.22. The van der Waals surface area contributed by atoms with Crippen molar-refractivity contribution in [2.75, 3.05) is 11.9 Å². The van der Waals surface area contributed by atoms with Gasteiger partial charge in [0.15, 0.2) is 17.5 Å². The summed E-state index contributed by atoms with van der Waals surface area (Å²) < 4.78 is 39.7. The molecule has 150 valence electrons. The van der Waals surface area contributed by atoms with Gasteiger partial charge in [0, 0.05) is 6.42 Å². The molecule has 0 radical (unpaired) electrons. The number of amides is 2. The van der Waals surface area contributed by atoms with E-state index in [0.29, 0.717) is 23.1 Å². The molecule has 0 atom stereocenters. The van der Waals surface area contributed by atoms with E-state index in [4.69, 9.17) is 0 Å². The first-order chi connectivity index (χ1) is 13.8. The van der Waals surface area contributed by atoms with Crippen LogP contribution in [0.2, 0.25) is 0 Å². The van der Waals surface area contributed by atoms with Crippen LogP contribution in [0, 0.1) is 24.4 Å². The Balaban J connectivity index is 1.59. The van der Waals surface area contributed by atoms with Crippen LogP contribution in [0.5, 0.6) is 0 Å². The molecule has 0 saturated heterocycles. The third kappa shape index (κ3) is 5.00. The molecule has 0 spiro atoms. The fraction of sp³-hybridized carbons (Fsp3) is 0.150. The fourth-order valence-electron chi connectivity index (χ4n) is 2.57. The first kappa shape index (κ1) is 20.5. The molecular weight excluding hydrogens is 403 g/mol. The van der Waals surface area contributed by atoms with Gasteiger partial charge in [-0.25, -0.2) is 18.2 Å². The van der Waals surface area contributed by atoms with E-state index in [1.165, 1.54) is 11.3 Å². The standard InChI is InChI=1S/C20H16F3N3O2S/c1-11-19(29-16(25-11)9-12-5-3-2-4-6-12)20(28)24-10-15(27)26-14-8-7-13(21)17(22)18(14)23/h2-8H,9-10H2,1H3,(H,24,28)(H,26,27). The zero-order valence-electron chi connectivity index (χ0n) is 15.3. The molecule has 2 amide bonds. The quantitative estimate of drug-likeness (QED) is 0.597. The molecule has 0 saturated carbocycles. The number of carbonyl (C=O) groups excluding carboxylic acids is 2. The second-order valence-electron chi connectivity index (χ2n) is 6.14. The average Bonchev–Trinajstić information content (AvgIpc) is 3.07. The number of thiazole rings is 1. The highest BCUT2D eigenvalue weighted by molar-refractivity contribution is 7.13. The van der Waals surface area contributed by atoms with Gasteiger partial charge in [0.1, 0.15) is 4.88 Å². The van der Waals surface area contributed by atoms with Crippen LogP contribution in [0.15, 0.2) is 42.5 Å². The highest BCUT2D eigenvalue weighted by Crippen LogP contribution is 2.21. The third-order valence-electron chi connectivity index (χ3n) is 3.96. The van der Waals surface area contributed by atoms with E-state index in [2.05, 4.69) is 15.6 Å². The number of anilines is 1. The number of halogens is 3. The van der Waals surface area contributed by atoms with E-state index in [0.717, 1.165) is 16.6 Å². The molecule has 1 aromatic heterocycles. The molecule has 0 fully saturated rings. The van der Waals surface area contributed by atoms with Crippen molar-refractivity contribution in [2.24, 2.45) is 0 Å². The van der Waals surface area contributed by atoms with E-state index in [9.17, 15) is 22.8 Å². The summed E-state index contributed by atoms with van der Waals surface area (Å²) in [7, 11) is 0. The Kier molecular flexibility index (Phi) is 6.28. The van der Waals surface area contributed by atoms with Gasteiger partial charge in [-0.3, -0.25) is 9.59 Å². The number of nitrogens with one attached hydrogen (secondary N) is 2. The number of benzene rings is 2. The van der Waals surface area contributed by atoms with Gasteiger partial charge in [-0.15, -0.1) is 11.3 Å². The number of hydrogen-bond donors (Lipinski definition) is 2. The van der Waals surface area contributed by atoms with Gasteiger partial charge in [-0.2, -0.15) is 0 Å². The van der Waals surface area contributed by atoms with Gasteiger partial charge < -0.3 is 10.6 Å². The molecule has 9 heteroatoms. The highest BCUT2D eigenvalue weighted by Gasteiger charge is 2.18. The Morgan fingerprint density at radius 2 is 1.76 bits per heavy atom. The van der Waals surface area contributed by atoms with Crippen LogP contribution >= 0.6 is 11.3 Å². The molecule has 0 aliphatic heterocycles. The molecule has 0 bridgehead atoms. The highest BCUT2D eigenvalue weighted by atomic mass is 32.1. The molecule has 0 aliphatic rings. The van der Waals surface area contributed by atoms with Crippen molar-refractivity contribution >= 4 is 28.8 Å². The Morgan fingerprint density at radius 1 is 1.03 bits per heavy atom. The molecule has 0 unspecified atom stereocenters. The molecule has 3 aromatic rings. The van der Waals surface area contributed by atoms with Gasteiger partial charge in [0.2, 0.25) is 5.91 Å². The zero-order chi connectivity index (χ0) is 21.0. The SMILES string of the molecule is Cc1nc(Cc2ccccc2)sc1C(=O)NCC(=O)Nc1ccc(F)c(F)c1F. The maximum Gasteiger partial charge on any atom is 0.263 e. The molecule has 1 heterocycles. The van der Waals surface area contributed by atoms with Crippen molar-refractivity contribution < 1.29 is 22.8 Å². The van der Waals surface area contributed by atoms with Crippen LogP contribution in [0.3, 0.4) is 0 Å².